The number of hydrogen-bond donors (Lipinski definition) is 0. The summed E-state index contributed by atoms with van der Waals surface area (Å²) in [5.74, 6) is 0.983. The molecule has 2 heterocycles. The Morgan fingerprint density at radius 1 is 1.14 bits per heavy atom. The lowest BCUT2D eigenvalue weighted by Gasteiger charge is -2.18. The number of halogens is 1. The Morgan fingerprint density at radius 3 is 2.79 bits per heavy atom. The summed E-state index contributed by atoms with van der Waals surface area (Å²) >= 11 is 2.94. The molecule has 0 spiro atoms. The number of rotatable bonds is 7. The first-order valence-corrected chi connectivity index (χ1v) is 10.6. The summed E-state index contributed by atoms with van der Waals surface area (Å²) in [4.78, 5) is 20.2. The van der Waals surface area contributed by atoms with E-state index in [1.807, 2.05) is 36.4 Å². The van der Waals surface area contributed by atoms with E-state index in [9.17, 15) is 9.18 Å². The third-order valence-corrected chi connectivity index (χ3v) is 6.15. The van der Waals surface area contributed by atoms with Gasteiger partial charge in [0.15, 0.2) is 5.13 Å². The van der Waals surface area contributed by atoms with Crippen molar-refractivity contribution in [3.8, 4) is 0 Å². The molecule has 0 saturated carbocycles. The third-order valence-electron chi connectivity index (χ3n) is 4.09. The van der Waals surface area contributed by atoms with Gasteiger partial charge in [0.2, 0.25) is 5.91 Å². The summed E-state index contributed by atoms with van der Waals surface area (Å²) in [6.45, 7) is 0.296. The number of hydrogen-bond acceptors (Lipinski definition) is 5. The van der Waals surface area contributed by atoms with E-state index in [2.05, 4.69) is 4.98 Å². The molecule has 0 N–H and O–H groups in total. The van der Waals surface area contributed by atoms with E-state index in [0.717, 1.165) is 4.90 Å². The molecule has 2 aromatic carbocycles. The minimum atomic E-state index is -0.314. The van der Waals surface area contributed by atoms with Gasteiger partial charge in [0.05, 0.1) is 23.0 Å². The number of carbonyl (C=O) groups excluding carboxylic acids is 1. The van der Waals surface area contributed by atoms with Crippen LogP contribution in [0.1, 0.15) is 12.2 Å². The molecule has 4 aromatic rings. The summed E-state index contributed by atoms with van der Waals surface area (Å²) < 4.78 is 19.7. The van der Waals surface area contributed by atoms with Crippen molar-refractivity contribution in [1.29, 1.82) is 0 Å². The SMILES string of the molecule is O=C(CCSc1ccccc1)N(Cc1ccco1)c1nc2ccc(F)cc2s1. The Bertz CT molecular complexity index is 1060. The van der Waals surface area contributed by atoms with Crippen LogP contribution in [-0.4, -0.2) is 16.6 Å². The highest BCUT2D eigenvalue weighted by Crippen LogP contribution is 2.31. The fourth-order valence-corrected chi connectivity index (χ4v) is 4.60. The smallest absolute Gasteiger partial charge is 0.230 e. The summed E-state index contributed by atoms with van der Waals surface area (Å²) in [5.41, 5.74) is 0.678. The van der Waals surface area contributed by atoms with Crippen LogP contribution >= 0.6 is 23.1 Å². The van der Waals surface area contributed by atoms with Crippen LogP contribution in [0, 0.1) is 5.82 Å². The number of nitrogens with zero attached hydrogens (tertiary/aromatic N) is 2. The second-order valence-electron chi connectivity index (χ2n) is 6.08. The predicted molar refractivity (Wildman–Crippen MR) is 111 cm³/mol. The molecule has 0 radical (unpaired) electrons. The Balaban J connectivity index is 1.52. The highest BCUT2D eigenvalue weighted by atomic mass is 32.2. The van der Waals surface area contributed by atoms with Gasteiger partial charge >= 0.3 is 0 Å². The van der Waals surface area contributed by atoms with Gasteiger partial charge in [0, 0.05) is 17.1 Å². The lowest BCUT2D eigenvalue weighted by Crippen LogP contribution is -2.30. The van der Waals surface area contributed by atoms with E-state index in [0.29, 0.717) is 39.8 Å². The van der Waals surface area contributed by atoms with Gasteiger partial charge in [-0.15, -0.1) is 11.8 Å². The number of fused-ring (bicyclic) bond motifs is 1. The van der Waals surface area contributed by atoms with Crippen molar-refractivity contribution >= 4 is 44.4 Å². The maximum Gasteiger partial charge on any atom is 0.230 e. The number of aromatic nitrogens is 1. The average molecular weight is 413 g/mol. The van der Waals surface area contributed by atoms with Gasteiger partial charge in [-0.2, -0.15) is 0 Å². The lowest BCUT2D eigenvalue weighted by atomic mass is 10.3. The number of anilines is 1. The lowest BCUT2D eigenvalue weighted by molar-refractivity contribution is -0.118. The first kappa shape index (κ1) is 18.7. The molecule has 0 saturated heterocycles. The normalized spacial score (nSPS) is 11.0. The molecule has 0 bridgehead atoms. The molecule has 7 heteroatoms. The van der Waals surface area contributed by atoms with Crippen molar-refractivity contribution in [2.45, 2.75) is 17.9 Å². The molecule has 0 aliphatic carbocycles. The van der Waals surface area contributed by atoms with Crippen LogP contribution in [0.15, 0.2) is 76.2 Å². The van der Waals surface area contributed by atoms with Gasteiger partial charge in [-0.1, -0.05) is 29.5 Å². The molecule has 0 unspecified atom stereocenters. The fourth-order valence-electron chi connectivity index (χ4n) is 2.73. The summed E-state index contributed by atoms with van der Waals surface area (Å²) in [6.07, 6.45) is 1.95. The molecule has 4 nitrogen and oxygen atoms in total. The van der Waals surface area contributed by atoms with Crippen LogP contribution in [-0.2, 0) is 11.3 Å². The van der Waals surface area contributed by atoms with Crippen molar-refractivity contribution in [3.05, 3.63) is 78.5 Å². The number of thioether (sulfide) groups is 1. The largest absolute Gasteiger partial charge is 0.467 e. The molecular formula is C21H17FN2O2S2. The topological polar surface area (TPSA) is 46.3 Å². The van der Waals surface area contributed by atoms with Crippen LogP contribution in [0.3, 0.4) is 0 Å². The number of amides is 1. The molecule has 28 heavy (non-hydrogen) atoms. The number of furan rings is 1. The molecule has 0 aliphatic heterocycles. The van der Waals surface area contributed by atoms with Crippen LogP contribution in [0.2, 0.25) is 0 Å². The Kier molecular flexibility index (Phi) is 5.73. The van der Waals surface area contributed by atoms with Crippen LogP contribution in [0.4, 0.5) is 9.52 Å². The zero-order valence-corrected chi connectivity index (χ0v) is 16.5. The second kappa shape index (κ2) is 8.58. The molecule has 2 aromatic heterocycles. The van der Waals surface area contributed by atoms with Gasteiger partial charge < -0.3 is 4.42 Å². The first-order chi connectivity index (χ1) is 13.7. The quantitative estimate of drug-likeness (QED) is 0.363. The van der Waals surface area contributed by atoms with Gasteiger partial charge in [0.1, 0.15) is 11.6 Å². The molecule has 4 rings (SSSR count). The Morgan fingerprint density at radius 2 is 2.00 bits per heavy atom. The zero-order valence-electron chi connectivity index (χ0n) is 14.9. The third kappa shape index (κ3) is 4.43. The molecule has 142 valence electrons. The molecule has 0 aliphatic rings. The van der Waals surface area contributed by atoms with E-state index < -0.39 is 0 Å². The van der Waals surface area contributed by atoms with Crippen LogP contribution < -0.4 is 4.90 Å². The van der Waals surface area contributed by atoms with Gasteiger partial charge in [-0.25, -0.2) is 9.37 Å². The Labute approximate surface area is 170 Å². The van der Waals surface area contributed by atoms with Crippen molar-refractivity contribution in [3.63, 3.8) is 0 Å². The summed E-state index contributed by atoms with van der Waals surface area (Å²) in [6, 6.07) is 18.0. The van der Waals surface area contributed by atoms with Crippen LogP contribution in [0.5, 0.6) is 0 Å². The highest BCUT2D eigenvalue weighted by Gasteiger charge is 2.21. The minimum absolute atomic E-state index is 0.0423. The summed E-state index contributed by atoms with van der Waals surface area (Å²) in [7, 11) is 0. The number of carbonyl (C=O) groups is 1. The van der Waals surface area contributed by atoms with E-state index in [1.54, 1.807) is 35.1 Å². The van der Waals surface area contributed by atoms with Gasteiger partial charge in [0.25, 0.3) is 0 Å². The molecular weight excluding hydrogens is 395 g/mol. The number of benzene rings is 2. The minimum Gasteiger partial charge on any atom is -0.467 e. The van der Waals surface area contributed by atoms with Crippen molar-refractivity contribution < 1.29 is 13.6 Å². The summed E-state index contributed by atoms with van der Waals surface area (Å²) in [5, 5.41) is 0.548. The maximum absolute atomic E-state index is 13.5. The van der Waals surface area contributed by atoms with Crippen molar-refractivity contribution in [2.75, 3.05) is 10.7 Å². The zero-order chi connectivity index (χ0) is 19.3. The predicted octanol–water partition coefficient (Wildman–Crippen LogP) is 5.74. The monoisotopic (exact) mass is 412 g/mol. The van der Waals surface area contributed by atoms with Crippen LogP contribution in [0.25, 0.3) is 10.2 Å². The highest BCUT2D eigenvalue weighted by molar-refractivity contribution is 7.99. The average Bonchev–Trinajstić information content (AvgIpc) is 3.36. The molecule has 0 fully saturated rings. The second-order valence-corrected chi connectivity index (χ2v) is 8.26. The first-order valence-electron chi connectivity index (χ1n) is 8.76. The number of thiazole rings is 1. The molecule has 0 atom stereocenters. The van der Waals surface area contributed by atoms with Gasteiger partial charge in [-0.3, -0.25) is 9.69 Å². The standard InChI is InChI=1S/C21H17FN2O2S2/c22-15-8-9-18-19(13-15)28-21(23-18)24(14-16-5-4-11-26-16)20(25)10-12-27-17-6-2-1-3-7-17/h1-9,11,13H,10,12,14H2. The van der Waals surface area contributed by atoms with Gasteiger partial charge in [-0.05, 0) is 42.5 Å². The fraction of sp³-hybridized carbons (Fsp3) is 0.143. The van der Waals surface area contributed by atoms with Crippen molar-refractivity contribution in [2.24, 2.45) is 0 Å². The maximum atomic E-state index is 13.5. The van der Waals surface area contributed by atoms with E-state index >= 15 is 0 Å². The van der Waals surface area contributed by atoms with E-state index in [4.69, 9.17) is 4.42 Å². The molecule has 1 amide bonds. The Hall–Kier alpha value is -2.64. The van der Waals surface area contributed by atoms with E-state index in [-0.39, 0.29) is 11.7 Å². The van der Waals surface area contributed by atoms with E-state index in [1.165, 1.54) is 23.5 Å². The van der Waals surface area contributed by atoms with Crippen molar-refractivity contribution in [1.82, 2.24) is 4.98 Å².